The summed E-state index contributed by atoms with van der Waals surface area (Å²) in [6.07, 6.45) is 3.98. The van der Waals surface area contributed by atoms with Crippen molar-refractivity contribution in [3.63, 3.8) is 0 Å². The van der Waals surface area contributed by atoms with E-state index in [1.165, 1.54) is 0 Å². The number of aromatic nitrogens is 3. The van der Waals surface area contributed by atoms with Gasteiger partial charge in [-0.05, 0) is 31.9 Å². The lowest BCUT2D eigenvalue weighted by atomic mass is 9.99. The molecule has 1 aliphatic rings. The largest absolute Gasteiger partial charge is 0.328 e. The SMILES string of the molecule is CC1CC(N)CCN1Cc1cnn(-c2ccccc2)n1. The van der Waals surface area contributed by atoms with Crippen molar-refractivity contribution in [3.8, 4) is 5.69 Å². The number of benzene rings is 1. The van der Waals surface area contributed by atoms with E-state index in [1.807, 2.05) is 36.5 Å². The Morgan fingerprint density at radius 3 is 2.85 bits per heavy atom. The second kappa shape index (κ2) is 5.73. The van der Waals surface area contributed by atoms with Gasteiger partial charge in [-0.15, -0.1) is 0 Å². The van der Waals surface area contributed by atoms with Crippen LogP contribution >= 0.6 is 0 Å². The second-order valence-corrected chi connectivity index (χ2v) is 5.56. The summed E-state index contributed by atoms with van der Waals surface area (Å²) in [4.78, 5) is 4.12. The van der Waals surface area contributed by atoms with E-state index in [0.717, 1.165) is 37.3 Å². The Balaban J connectivity index is 1.69. The summed E-state index contributed by atoms with van der Waals surface area (Å²) in [5, 5.41) is 8.91. The van der Waals surface area contributed by atoms with Gasteiger partial charge in [0.2, 0.25) is 0 Å². The molecule has 2 aromatic rings. The zero-order valence-corrected chi connectivity index (χ0v) is 11.8. The Morgan fingerprint density at radius 1 is 1.30 bits per heavy atom. The molecule has 106 valence electrons. The van der Waals surface area contributed by atoms with E-state index in [2.05, 4.69) is 22.0 Å². The highest BCUT2D eigenvalue weighted by molar-refractivity contribution is 5.28. The molecule has 0 bridgehead atoms. The van der Waals surface area contributed by atoms with Gasteiger partial charge in [-0.3, -0.25) is 4.90 Å². The van der Waals surface area contributed by atoms with Crippen molar-refractivity contribution in [3.05, 3.63) is 42.2 Å². The minimum Gasteiger partial charge on any atom is -0.328 e. The number of rotatable bonds is 3. The minimum absolute atomic E-state index is 0.348. The van der Waals surface area contributed by atoms with Gasteiger partial charge < -0.3 is 5.73 Å². The molecule has 0 aliphatic carbocycles. The molecule has 2 unspecified atom stereocenters. The van der Waals surface area contributed by atoms with Gasteiger partial charge >= 0.3 is 0 Å². The third-order valence-electron chi connectivity index (χ3n) is 3.95. The average Bonchev–Trinajstić information content (AvgIpc) is 2.92. The topological polar surface area (TPSA) is 60.0 Å². The fourth-order valence-electron chi connectivity index (χ4n) is 2.75. The standard InChI is InChI=1S/C15H21N5/c1-12-9-13(16)7-8-19(12)11-14-10-17-20(18-14)15-5-3-2-4-6-15/h2-6,10,12-13H,7-9,11,16H2,1H3. The molecule has 3 rings (SSSR count). The maximum Gasteiger partial charge on any atom is 0.0971 e. The van der Waals surface area contributed by atoms with Crippen molar-refractivity contribution in [1.29, 1.82) is 0 Å². The summed E-state index contributed by atoms with van der Waals surface area (Å²) in [5.41, 5.74) is 8.01. The van der Waals surface area contributed by atoms with Gasteiger partial charge in [0.1, 0.15) is 0 Å². The van der Waals surface area contributed by atoms with E-state index < -0.39 is 0 Å². The first-order valence-corrected chi connectivity index (χ1v) is 7.18. The van der Waals surface area contributed by atoms with E-state index in [1.54, 1.807) is 4.80 Å². The Kier molecular flexibility index (Phi) is 3.80. The zero-order chi connectivity index (χ0) is 13.9. The van der Waals surface area contributed by atoms with Crippen LogP contribution in [0.15, 0.2) is 36.5 Å². The Hall–Kier alpha value is -1.72. The number of likely N-dealkylation sites (tertiary alicyclic amines) is 1. The minimum atomic E-state index is 0.348. The van der Waals surface area contributed by atoms with Gasteiger partial charge in [-0.1, -0.05) is 18.2 Å². The molecule has 1 aromatic heterocycles. The van der Waals surface area contributed by atoms with Crippen molar-refractivity contribution in [1.82, 2.24) is 19.9 Å². The fraction of sp³-hybridized carbons (Fsp3) is 0.467. The number of hydrogen-bond donors (Lipinski definition) is 1. The zero-order valence-electron chi connectivity index (χ0n) is 11.8. The highest BCUT2D eigenvalue weighted by Gasteiger charge is 2.23. The molecule has 0 saturated carbocycles. The summed E-state index contributed by atoms with van der Waals surface area (Å²) < 4.78 is 0. The van der Waals surface area contributed by atoms with Crippen LogP contribution in [0.1, 0.15) is 25.5 Å². The van der Waals surface area contributed by atoms with Crippen LogP contribution in [-0.4, -0.2) is 38.5 Å². The molecular formula is C15H21N5. The molecule has 1 aliphatic heterocycles. The van der Waals surface area contributed by atoms with Crippen LogP contribution in [0.4, 0.5) is 0 Å². The van der Waals surface area contributed by atoms with Gasteiger partial charge in [0.05, 0.1) is 17.6 Å². The monoisotopic (exact) mass is 271 g/mol. The molecule has 1 saturated heterocycles. The van der Waals surface area contributed by atoms with E-state index in [0.29, 0.717) is 12.1 Å². The number of hydrogen-bond acceptors (Lipinski definition) is 4. The Bertz CT molecular complexity index is 550. The third-order valence-corrected chi connectivity index (χ3v) is 3.95. The average molecular weight is 271 g/mol. The lowest BCUT2D eigenvalue weighted by Crippen LogP contribution is -2.45. The molecule has 2 heterocycles. The van der Waals surface area contributed by atoms with Crippen LogP contribution in [0.3, 0.4) is 0 Å². The third kappa shape index (κ3) is 2.89. The maximum absolute atomic E-state index is 6.00. The fourth-order valence-corrected chi connectivity index (χ4v) is 2.75. The van der Waals surface area contributed by atoms with E-state index in [9.17, 15) is 0 Å². The number of piperidine rings is 1. The van der Waals surface area contributed by atoms with Crippen molar-refractivity contribution in [2.24, 2.45) is 5.73 Å². The highest BCUT2D eigenvalue weighted by atomic mass is 15.5. The van der Waals surface area contributed by atoms with Crippen LogP contribution < -0.4 is 5.73 Å². The lowest BCUT2D eigenvalue weighted by Gasteiger charge is -2.35. The number of nitrogens with zero attached hydrogens (tertiary/aromatic N) is 4. The summed E-state index contributed by atoms with van der Waals surface area (Å²) in [7, 11) is 0. The van der Waals surface area contributed by atoms with E-state index in [4.69, 9.17) is 5.73 Å². The smallest absolute Gasteiger partial charge is 0.0971 e. The summed E-state index contributed by atoms with van der Waals surface area (Å²) >= 11 is 0. The van der Waals surface area contributed by atoms with Crippen molar-refractivity contribution in [2.45, 2.75) is 38.4 Å². The van der Waals surface area contributed by atoms with Crippen LogP contribution in [0.25, 0.3) is 5.69 Å². The lowest BCUT2D eigenvalue weighted by molar-refractivity contribution is 0.138. The van der Waals surface area contributed by atoms with Gasteiger partial charge in [-0.25, -0.2) is 0 Å². The number of nitrogens with two attached hydrogens (primary N) is 1. The van der Waals surface area contributed by atoms with Gasteiger partial charge in [0.15, 0.2) is 0 Å². The van der Waals surface area contributed by atoms with Crippen molar-refractivity contribution in [2.75, 3.05) is 6.54 Å². The quantitative estimate of drug-likeness (QED) is 0.920. The highest BCUT2D eigenvalue weighted by Crippen LogP contribution is 2.18. The normalized spacial score (nSPS) is 23.9. The van der Waals surface area contributed by atoms with Crippen molar-refractivity contribution < 1.29 is 0 Å². The molecule has 0 amide bonds. The molecule has 5 nitrogen and oxygen atoms in total. The Morgan fingerprint density at radius 2 is 2.10 bits per heavy atom. The van der Waals surface area contributed by atoms with E-state index >= 15 is 0 Å². The molecule has 1 aromatic carbocycles. The summed E-state index contributed by atoms with van der Waals surface area (Å²) in [5.74, 6) is 0. The first-order valence-electron chi connectivity index (χ1n) is 7.18. The molecule has 5 heteroatoms. The molecule has 0 spiro atoms. The predicted molar refractivity (Wildman–Crippen MR) is 78.4 cm³/mol. The van der Waals surface area contributed by atoms with Crippen LogP contribution in [-0.2, 0) is 6.54 Å². The predicted octanol–water partition coefficient (Wildman–Crippen LogP) is 1.58. The number of para-hydroxylation sites is 1. The molecule has 2 atom stereocenters. The summed E-state index contributed by atoms with van der Waals surface area (Å²) in [6, 6.07) is 10.9. The molecule has 2 N–H and O–H groups in total. The first kappa shape index (κ1) is 13.3. The van der Waals surface area contributed by atoms with Gasteiger partial charge in [0.25, 0.3) is 0 Å². The molecular weight excluding hydrogens is 250 g/mol. The second-order valence-electron chi connectivity index (χ2n) is 5.56. The van der Waals surface area contributed by atoms with Crippen molar-refractivity contribution >= 4 is 0 Å². The van der Waals surface area contributed by atoms with Gasteiger partial charge in [0, 0.05) is 25.2 Å². The molecule has 1 fully saturated rings. The van der Waals surface area contributed by atoms with Crippen LogP contribution in [0.5, 0.6) is 0 Å². The first-order chi connectivity index (χ1) is 9.72. The van der Waals surface area contributed by atoms with Crippen LogP contribution in [0.2, 0.25) is 0 Å². The maximum atomic E-state index is 6.00. The van der Waals surface area contributed by atoms with Gasteiger partial charge in [-0.2, -0.15) is 15.0 Å². The Labute approximate surface area is 119 Å². The van der Waals surface area contributed by atoms with Crippen LogP contribution in [0, 0.1) is 0 Å². The molecule has 20 heavy (non-hydrogen) atoms. The van der Waals surface area contributed by atoms with E-state index in [-0.39, 0.29) is 0 Å². The molecule has 0 radical (unpaired) electrons. The summed E-state index contributed by atoms with van der Waals surface area (Å²) in [6.45, 7) is 4.13.